The fraction of sp³-hybridized carbons (Fsp3) is 0.480. The third-order valence-corrected chi connectivity index (χ3v) is 7.31. The Labute approximate surface area is 209 Å². The molecule has 2 aromatic rings. The highest BCUT2D eigenvalue weighted by atomic mass is 16.6. The molecule has 0 radical (unpaired) electrons. The standard InChI is InChI=1S/C25H30N6O5/c1-2-36-25(33)28-11-9-27(10-12-28)24(32)20-16-18-15-19(31(34)35)6-7-21(18)30-14-13-29(17-22(20)30)23-5-3-4-8-26-23/h3-8,15,20,22H,2,9-14,16-17H2,1H3. The second kappa shape index (κ2) is 10.00. The van der Waals surface area contributed by atoms with Gasteiger partial charge < -0.3 is 24.3 Å². The van der Waals surface area contributed by atoms with Crippen molar-refractivity contribution in [3.05, 3.63) is 58.3 Å². The van der Waals surface area contributed by atoms with Gasteiger partial charge in [-0.15, -0.1) is 0 Å². The maximum atomic E-state index is 13.9. The van der Waals surface area contributed by atoms with Crippen molar-refractivity contribution < 1.29 is 19.2 Å². The molecule has 2 atom stereocenters. The van der Waals surface area contributed by atoms with Gasteiger partial charge in [0, 0.05) is 69.8 Å². The van der Waals surface area contributed by atoms with Crippen molar-refractivity contribution in [3.63, 3.8) is 0 Å². The van der Waals surface area contributed by atoms with Gasteiger partial charge in [0.1, 0.15) is 5.82 Å². The molecule has 11 heteroatoms. The first-order chi connectivity index (χ1) is 17.5. The summed E-state index contributed by atoms with van der Waals surface area (Å²) in [6, 6.07) is 10.7. The zero-order chi connectivity index (χ0) is 25.2. The molecule has 2 fully saturated rings. The largest absolute Gasteiger partial charge is 0.450 e. The Morgan fingerprint density at radius 1 is 1.08 bits per heavy atom. The molecule has 11 nitrogen and oxygen atoms in total. The molecule has 1 aromatic heterocycles. The van der Waals surface area contributed by atoms with E-state index in [4.69, 9.17) is 4.74 Å². The maximum Gasteiger partial charge on any atom is 0.409 e. The lowest BCUT2D eigenvalue weighted by molar-refractivity contribution is -0.384. The summed E-state index contributed by atoms with van der Waals surface area (Å²) in [5.41, 5.74) is 1.83. The molecule has 0 spiro atoms. The van der Waals surface area contributed by atoms with Gasteiger partial charge >= 0.3 is 6.09 Å². The van der Waals surface area contributed by atoms with Crippen LogP contribution in [-0.2, 0) is 16.0 Å². The second-order valence-electron chi connectivity index (χ2n) is 9.29. The number of pyridine rings is 1. The number of hydrogen-bond donors (Lipinski definition) is 0. The normalized spacial score (nSPS) is 21.5. The van der Waals surface area contributed by atoms with Crippen LogP contribution in [0.4, 0.5) is 22.0 Å². The van der Waals surface area contributed by atoms with Crippen LogP contribution in [0.2, 0.25) is 0 Å². The summed E-state index contributed by atoms with van der Waals surface area (Å²) in [7, 11) is 0. The molecule has 2 amide bonds. The maximum absolute atomic E-state index is 13.9. The Bertz CT molecular complexity index is 1140. The molecule has 190 valence electrons. The molecular formula is C25H30N6O5. The summed E-state index contributed by atoms with van der Waals surface area (Å²) in [6.07, 6.45) is 1.85. The number of carbonyl (C=O) groups is 2. The number of anilines is 2. The molecule has 2 unspecified atom stereocenters. The van der Waals surface area contributed by atoms with Crippen LogP contribution in [0.3, 0.4) is 0 Å². The minimum Gasteiger partial charge on any atom is -0.450 e. The zero-order valence-electron chi connectivity index (χ0n) is 20.3. The van der Waals surface area contributed by atoms with E-state index in [2.05, 4.69) is 14.8 Å². The van der Waals surface area contributed by atoms with E-state index >= 15 is 0 Å². The van der Waals surface area contributed by atoms with Crippen molar-refractivity contribution >= 4 is 29.2 Å². The number of aromatic nitrogens is 1. The van der Waals surface area contributed by atoms with Gasteiger partial charge in [-0.2, -0.15) is 0 Å². The number of non-ortho nitro benzene ring substituents is 1. The van der Waals surface area contributed by atoms with Gasteiger partial charge in [0.25, 0.3) is 5.69 Å². The Morgan fingerprint density at radius 3 is 2.56 bits per heavy atom. The van der Waals surface area contributed by atoms with Crippen molar-refractivity contribution in [2.75, 3.05) is 62.2 Å². The smallest absolute Gasteiger partial charge is 0.409 e. The highest BCUT2D eigenvalue weighted by molar-refractivity contribution is 5.83. The summed E-state index contributed by atoms with van der Waals surface area (Å²) in [4.78, 5) is 49.4. The van der Waals surface area contributed by atoms with Crippen molar-refractivity contribution in [2.24, 2.45) is 5.92 Å². The Morgan fingerprint density at radius 2 is 1.86 bits per heavy atom. The molecule has 2 saturated heterocycles. The third-order valence-electron chi connectivity index (χ3n) is 7.31. The number of ether oxygens (including phenoxy) is 1. The van der Waals surface area contributed by atoms with E-state index in [1.807, 2.05) is 29.2 Å². The number of rotatable bonds is 4. The molecule has 3 aliphatic heterocycles. The van der Waals surface area contributed by atoms with E-state index in [1.165, 1.54) is 6.07 Å². The van der Waals surface area contributed by atoms with Crippen molar-refractivity contribution in [1.29, 1.82) is 0 Å². The zero-order valence-corrected chi connectivity index (χ0v) is 20.3. The fourth-order valence-electron chi connectivity index (χ4n) is 5.52. The van der Waals surface area contributed by atoms with Gasteiger partial charge in [0.05, 0.1) is 23.5 Å². The average molecular weight is 495 g/mol. The first-order valence-corrected chi connectivity index (χ1v) is 12.4. The van der Waals surface area contributed by atoms with Crippen molar-refractivity contribution in [2.45, 2.75) is 19.4 Å². The Hall–Kier alpha value is -3.89. The number of nitro benzene ring substituents is 1. The quantitative estimate of drug-likeness (QED) is 0.470. The predicted molar refractivity (Wildman–Crippen MR) is 133 cm³/mol. The van der Waals surface area contributed by atoms with Crippen molar-refractivity contribution in [1.82, 2.24) is 14.8 Å². The fourth-order valence-corrected chi connectivity index (χ4v) is 5.52. The molecule has 0 bridgehead atoms. The van der Waals surface area contributed by atoms with Gasteiger partial charge in [0.2, 0.25) is 5.91 Å². The molecule has 3 aliphatic rings. The minimum absolute atomic E-state index is 0.0218. The van der Waals surface area contributed by atoms with E-state index < -0.39 is 4.92 Å². The van der Waals surface area contributed by atoms with Gasteiger partial charge in [0.15, 0.2) is 0 Å². The number of hydrogen-bond acceptors (Lipinski definition) is 8. The minimum atomic E-state index is -0.392. The number of piperazine rings is 2. The van der Waals surface area contributed by atoms with Gasteiger partial charge in [-0.05, 0) is 37.1 Å². The highest BCUT2D eigenvalue weighted by Crippen LogP contribution is 2.39. The molecule has 36 heavy (non-hydrogen) atoms. The lowest BCUT2D eigenvalue weighted by Gasteiger charge is -2.50. The molecule has 0 N–H and O–H groups in total. The molecule has 0 aliphatic carbocycles. The summed E-state index contributed by atoms with van der Waals surface area (Å²) in [6.45, 7) is 5.87. The molecule has 4 heterocycles. The first-order valence-electron chi connectivity index (χ1n) is 12.4. The molecule has 0 saturated carbocycles. The van der Waals surface area contributed by atoms with Crippen LogP contribution in [0.25, 0.3) is 0 Å². The number of amides is 2. The lowest BCUT2D eigenvalue weighted by atomic mass is 9.82. The van der Waals surface area contributed by atoms with Crippen LogP contribution in [-0.4, -0.2) is 90.2 Å². The average Bonchev–Trinajstić information content (AvgIpc) is 2.92. The number of benzene rings is 1. The van der Waals surface area contributed by atoms with Gasteiger partial charge in [-0.1, -0.05) is 6.07 Å². The molecule has 1 aromatic carbocycles. The van der Waals surface area contributed by atoms with E-state index in [9.17, 15) is 19.7 Å². The summed E-state index contributed by atoms with van der Waals surface area (Å²) >= 11 is 0. The van der Waals surface area contributed by atoms with Gasteiger partial charge in [-0.25, -0.2) is 9.78 Å². The summed E-state index contributed by atoms with van der Waals surface area (Å²) < 4.78 is 5.10. The second-order valence-corrected chi connectivity index (χ2v) is 9.29. The van der Waals surface area contributed by atoms with E-state index in [-0.39, 0.29) is 29.6 Å². The van der Waals surface area contributed by atoms with Crippen LogP contribution in [0.5, 0.6) is 0 Å². The topological polar surface area (TPSA) is 112 Å². The van der Waals surface area contributed by atoms with Crippen LogP contribution in [0.1, 0.15) is 12.5 Å². The van der Waals surface area contributed by atoms with Crippen LogP contribution in [0.15, 0.2) is 42.6 Å². The predicted octanol–water partition coefficient (Wildman–Crippen LogP) is 2.16. The Balaban J connectivity index is 1.40. The van der Waals surface area contributed by atoms with E-state index in [0.29, 0.717) is 52.3 Å². The van der Waals surface area contributed by atoms with E-state index in [1.54, 1.807) is 24.1 Å². The summed E-state index contributed by atoms with van der Waals surface area (Å²) in [5.74, 6) is 0.537. The number of fused-ring (bicyclic) bond motifs is 3. The van der Waals surface area contributed by atoms with Crippen LogP contribution < -0.4 is 9.80 Å². The molecular weight excluding hydrogens is 464 g/mol. The van der Waals surface area contributed by atoms with Crippen LogP contribution in [0, 0.1) is 16.0 Å². The monoisotopic (exact) mass is 494 g/mol. The molecule has 5 rings (SSSR count). The lowest BCUT2D eigenvalue weighted by Crippen LogP contribution is -2.62. The number of nitro groups is 1. The number of carbonyl (C=O) groups excluding carboxylic acids is 2. The first kappa shape index (κ1) is 23.8. The van der Waals surface area contributed by atoms with Crippen molar-refractivity contribution in [3.8, 4) is 0 Å². The highest BCUT2D eigenvalue weighted by Gasteiger charge is 2.44. The third kappa shape index (κ3) is 4.52. The summed E-state index contributed by atoms with van der Waals surface area (Å²) in [5, 5.41) is 11.4. The Kier molecular flexibility index (Phi) is 6.62. The SMILES string of the molecule is CCOC(=O)N1CCN(C(=O)C2Cc3cc([N+](=O)[O-])ccc3N3CCN(c4ccccn4)CC23)CC1. The van der Waals surface area contributed by atoms with Gasteiger partial charge in [-0.3, -0.25) is 14.9 Å². The van der Waals surface area contributed by atoms with E-state index in [0.717, 1.165) is 23.6 Å². The van der Waals surface area contributed by atoms with Crippen LogP contribution >= 0.6 is 0 Å². The number of nitrogens with zero attached hydrogens (tertiary/aromatic N) is 6.